The van der Waals surface area contributed by atoms with Crippen LogP contribution >= 0.6 is 0 Å². The third-order valence-corrected chi connectivity index (χ3v) is 5.45. The van der Waals surface area contributed by atoms with Gasteiger partial charge in [0, 0.05) is 75.4 Å². The van der Waals surface area contributed by atoms with Crippen molar-refractivity contribution in [3.05, 3.63) is 72.1 Å². The second-order valence-electron chi connectivity index (χ2n) is 7.56. The number of aryl methyl sites for hydroxylation is 1. The van der Waals surface area contributed by atoms with Gasteiger partial charge in [-0.2, -0.15) is 0 Å². The second kappa shape index (κ2) is 9.26. The molecule has 7 heteroatoms. The number of aromatic nitrogens is 4. The maximum Gasteiger partial charge on any atom is 0.233 e. The van der Waals surface area contributed by atoms with Gasteiger partial charge in [-0.05, 0) is 43.7 Å². The van der Waals surface area contributed by atoms with E-state index in [1.165, 1.54) is 5.69 Å². The first-order valence-electron chi connectivity index (χ1n) is 10.2. The van der Waals surface area contributed by atoms with Crippen molar-refractivity contribution < 1.29 is 5.11 Å². The maximum absolute atomic E-state index is 9.60. The zero-order valence-corrected chi connectivity index (χ0v) is 16.9. The third-order valence-electron chi connectivity index (χ3n) is 5.45. The number of aliphatic hydroxyl groups is 1. The topological polar surface area (TPSA) is 70.3 Å². The molecule has 4 rings (SSSR count). The molecule has 152 valence electrons. The zero-order chi connectivity index (χ0) is 20.1. The Bertz CT molecular complexity index is 912. The molecular weight excluding hydrogens is 364 g/mol. The number of piperazine rings is 1. The number of aliphatic hydroxyl groups excluding tert-OH is 1. The Morgan fingerprint density at radius 3 is 2.69 bits per heavy atom. The van der Waals surface area contributed by atoms with Crippen molar-refractivity contribution in [2.24, 2.45) is 0 Å². The average Bonchev–Trinajstić information content (AvgIpc) is 3.19. The van der Waals surface area contributed by atoms with E-state index < -0.39 is 0 Å². The summed E-state index contributed by atoms with van der Waals surface area (Å²) < 4.78 is 2.05. The van der Waals surface area contributed by atoms with Crippen molar-refractivity contribution in [2.75, 3.05) is 26.2 Å². The average molecular weight is 393 g/mol. The summed E-state index contributed by atoms with van der Waals surface area (Å²) >= 11 is 0. The smallest absolute Gasteiger partial charge is 0.233 e. The van der Waals surface area contributed by atoms with Crippen LogP contribution in [0.15, 0.2) is 55.0 Å². The van der Waals surface area contributed by atoms with Crippen molar-refractivity contribution in [3.63, 3.8) is 0 Å². The first-order chi connectivity index (χ1) is 14.2. The van der Waals surface area contributed by atoms with Crippen molar-refractivity contribution in [1.29, 1.82) is 0 Å². The summed E-state index contributed by atoms with van der Waals surface area (Å²) in [5, 5.41) is 9.60. The molecule has 1 saturated heterocycles. The van der Waals surface area contributed by atoms with Gasteiger partial charge in [0.2, 0.25) is 5.95 Å². The van der Waals surface area contributed by atoms with Gasteiger partial charge in [0.1, 0.15) is 0 Å². The van der Waals surface area contributed by atoms with Crippen LogP contribution in [0.4, 0.5) is 0 Å². The van der Waals surface area contributed by atoms with E-state index in [0.717, 1.165) is 50.5 Å². The molecule has 0 aliphatic carbocycles. The Kier molecular flexibility index (Phi) is 6.29. The molecule has 1 N–H and O–H groups in total. The van der Waals surface area contributed by atoms with Gasteiger partial charge in [-0.15, -0.1) is 0 Å². The monoisotopic (exact) mass is 392 g/mol. The highest BCUT2D eigenvalue weighted by Gasteiger charge is 2.27. The molecule has 3 aromatic rings. The van der Waals surface area contributed by atoms with Crippen LogP contribution in [0, 0.1) is 6.92 Å². The number of nitrogens with zero attached hydrogens (tertiary/aromatic N) is 6. The molecule has 0 radical (unpaired) electrons. The van der Waals surface area contributed by atoms with E-state index in [-0.39, 0.29) is 6.61 Å². The first kappa shape index (κ1) is 19.7. The van der Waals surface area contributed by atoms with Crippen LogP contribution in [-0.4, -0.2) is 66.7 Å². The van der Waals surface area contributed by atoms with E-state index in [1.54, 1.807) is 12.4 Å². The molecule has 1 unspecified atom stereocenters. The summed E-state index contributed by atoms with van der Waals surface area (Å²) in [4.78, 5) is 18.3. The number of hydrogen-bond acceptors (Lipinski definition) is 6. The number of pyridine rings is 1. The van der Waals surface area contributed by atoms with E-state index in [2.05, 4.69) is 43.0 Å². The van der Waals surface area contributed by atoms with E-state index in [4.69, 9.17) is 0 Å². The molecular formula is C22H28N6O. The lowest BCUT2D eigenvalue weighted by atomic mass is 10.1. The van der Waals surface area contributed by atoms with Crippen LogP contribution in [0.3, 0.4) is 0 Å². The van der Waals surface area contributed by atoms with Gasteiger partial charge in [0.25, 0.3) is 0 Å². The van der Waals surface area contributed by atoms with Gasteiger partial charge in [-0.1, -0.05) is 6.07 Å². The Labute approximate surface area is 171 Å². The molecule has 1 aliphatic heterocycles. The minimum absolute atomic E-state index is 0.199. The molecule has 0 bridgehead atoms. The van der Waals surface area contributed by atoms with Gasteiger partial charge in [0.15, 0.2) is 0 Å². The highest BCUT2D eigenvalue weighted by Crippen LogP contribution is 2.19. The highest BCUT2D eigenvalue weighted by atomic mass is 16.3. The van der Waals surface area contributed by atoms with Crippen molar-refractivity contribution in [1.82, 2.24) is 29.3 Å². The highest BCUT2D eigenvalue weighted by molar-refractivity contribution is 5.20. The molecule has 1 fully saturated rings. The summed E-state index contributed by atoms with van der Waals surface area (Å²) in [5.41, 5.74) is 3.31. The van der Waals surface area contributed by atoms with Gasteiger partial charge in [0.05, 0.1) is 5.69 Å². The molecule has 7 nitrogen and oxygen atoms in total. The summed E-state index contributed by atoms with van der Waals surface area (Å²) in [7, 11) is 0. The SMILES string of the molecule is Cc1cccc(CN2CCN(Cc3cccn3-c3ncccn3)CC2CCO)n1. The van der Waals surface area contributed by atoms with Crippen molar-refractivity contribution >= 4 is 0 Å². The summed E-state index contributed by atoms with van der Waals surface area (Å²) in [5.74, 6) is 0.698. The summed E-state index contributed by atoms with van der Waals surface area (Å²) in [6, 6.07) is 12.5. The quantitative estimate of drug-likeness (QED) is 0.664. The van der Waals surface area contributed by atoms with E-state index >= 15 is 0 Å². The van der Waals surface area contributed by atoms with E-state index in [0.29, 0.717) is 12.0 Å². The largest absolute Gasteiger partial charge is 0.396 e. The fraction of sp³-hybridized carbons (Fsp3) is 0.409. The lowest BCUT2D eigenvalue weighted by Gasteiger charge is -2.41. The Balaban J connectivity index is 1.43. The summed E-state index contributed by atoms with van der Waals surface area (Å²) in [6.45, 7) is 6.76. The first-order valence-corrected chi connectivity index (χ1v) is 10.2. The van der Waals surface area contributed by atoms with Gasteiger partial charge in [-0.25, -0.2) is 9.97 Å². The van der Waals surface area contributed by atoms with Crippen LogP contribution in [-0.2, 0) is 13.1 Å². The fourth-order valence-corrected chi connectivity index (χ4v) is 4.01. The fourth-order valence-electron chi connectivity index (χ4n) is 4.01. The van der Waals surface area contributed by atoms with E-state index in [1.807, 2.05) is 35.9 Å². The molecule has 0 amide bonds. The predicted octanol–water partition coefficient (Wildman–Crippen LogP) is 2.04. The van der Waals surface area contributed by atoms with E-state index in [9.17, 15) is 5.11 Å². The molecule has 0 aromatic carbocycles. The molecule has 1 aliphatic rings. The third kappa shape index (κ3) is 4.87. The second-order valence-corrected chi connectivity index (χ2v) is 7.56. The molecule has 3 aromatic heterocycles. The Morgan fingerprint density at radius 2 is 1.90 bits per heavy atom. The molecule has 0 spiro atoms. The standard InChI is InChI=1S/C22H28N6O/c1-18-5-2-6-19(25-18)15-27-13-12-26(16-20(27)8-14-29)17-21-7-3-11-28(21)22-23-9-4-10-24-22/h2-7,9-11,20,29H,8,12-17H2,1H3. The van der Waals surface area contributed by atoms with Gasteiger partial charge >= 0.3 is 0 Å². The molecule has 4 heterocycles. The van der Waals surface area contributed by atoms with Crippen LogP contribution < -0.4 is 0 Å². The lowest BCUT2D eigenvalue weighted by Crippen LogP contribution is -2.52. The maximum atomic E-state index is 9.60. The van der Waals surface area contributed by atoms with Crippen LogP contribution in [0.25, 0.3) is 5.95 Å². The number of hydrogen-bond donors (Lipinski definition) is 1. The van der Waals surface area contributed by atoms with Gasteiger partial charge < -0.3 is 5.11 Å². The van der Waals surface area contributed by atoms with Crippen molar-refractivity contribution in [3.8, 4) is 5.95 Å². The molecule has 1 atom stereocenters. The number of rotatable bonds is 7. The van der Waals surface area contributed by atoms with Crippen molar-refractivity contribution in [2.45, 2.75) is 32.5 Å². The Hall–Kier alpha value is -2.61. The van der Waals surface area contributed by atoms with Crippen LogP contribution in [0.1, 0.15) is 23.5 Å². The Morgan fingerprint density at radius 1 is 1.03 bits per heavy atom. The zero-order valence-electron chi connectivity index (χ0n) is 16.9. The molecule has 29 heavy (non-hydrogen) atoms. The summed E-state index contributed by atoms with van der Waals surface area (Å²) in [6.07, 6.45) is 6.31. The normalized spacial score (nSPS) is 18.2. The minimum Gasteiger partial charge on any atom is -0.396 e. The molecule has 0 saturated carbocycles. The predicted molar refractivity (Wildman–Crippen MR) is 112 cm³/mol. The van der Waals surface area contributed by atoms with Crippen LogP contribution in [0.5, 0.6) is 0 Å². The van der Waals surface area contributed by atoms with Gasteiger partial charge in [-0.3, -0.25) is 19.4 Å². The minimum atomic E-state index is 0.199. The van der Waals surface area contributed by atoms with Crippen LogP contribution in [0.2, 0.25) is 0 Å². The lowest BCUT2D eigenvalue weighted by molar-refractivity contribution is 0.0483.